The maximum absolute atomic E-state index is 5.41. The minimum absolute atomic E-state index is 0.543. The van der Waals surface area contributed by atoms with Crippen LogP contribution < -0.4 is 9.64 Å². The van der Waals surface area contributed by atoms with Crippen molar-refractivity contribution in [2.24, 2.45) is 0 Å². The van der Waals surface area contributed by atoms with E-state index < -0.39 is 0 Å². The zero-order valence-corrected chi connectivity index (χ0v) is 21.7. The smallest absolute Gasteiger partial charge is 0.119 e. The van der Waals surface area contributed by atoms with E-state index in [1.54, 1.807) is 18.9 Å². The van der Waals surface area contributed by atoms with Gasteiger partial charge in [0.25, 0.3) is 0 Å². The third-order valence-corrected chi connectivity index (χ3v) is 8.70. The fourth-order valence-corrected chi connectivity index (χ4v) is 6.63. The molecule has 2 aliphatic rings. The monoisotopic (exact) mass is 489 g/mol. The summed E-state index contributed by atoms with van der Waals surface area (Å²) in [6.45, 7) is 6.43. The molecule has 1 aliphatic carbocycles. The van der Waals surface area contributed by atoms with E-state index in [1.165, 1.54) is 63.0 Å². The summed E-state index contributed by atoms with van der Waals surface area (Å²) in [4.78, 5) is 4.91. The normalized spacial score (nSPS) is 18.6. The van der Waals surface area contributed by atoms with Crippen LogP contribution in [0.4, 0.5) is 11.4 Å². The molecule has 2 atom stereocenters. The number of benzene rings is 4. The fraction of sp³-hybridized carbons (Fsp3) is 0.212. The molecule has 0 bridgehead atoms. The van der Waals surface area contributed by atoms with Crippen LogP contribution >= 0.6 is 11.8 Å². The van der Waals surface area contributed by atoms with Gasteiger partial charge in [-0.15, -0.1) is 0 Å². The van der Waals surface area contributed by atoms with Gasteiger partial charge in [0.2, 0.25) is 0 Å². The Kier molecular flexibility index (Phi) is 6.10. The van der Waals surface area contributed by atoms with Gasteiger partial charge in [0.15, 0.2) is 0 Å². The van der Waals surface area contributed by atoms with Gasteiger partial charge in [0.1, 0.15) is 5.75 Å². The summed E-state index contributed by atoms with van der Waals surface area (Å²) in [5.74, 6) is 1.50. The van der Waals surface area contributed by atoms with E-state index in [0.717, 1.165) is 10.7 Å². The first-order chi connectivity index (χ1) is 17.6. The second-order valence-electron chi connectivity index (χ2n) is 9.86. The molecule has 2 unspecified atom stereocenters. The average molecular weight is 490 g/mol. The molecular formula is C33H31NOS. The minimum Gasteiger partial charge on any atom is -0.497 e. The lowest BCUT2D eigenvalue weighted by molar-refractivity contribution is 0.415. The summed E-state index contributed by atoms with van der Waals surface area (Å²) in [6.07, 6.45) is 8.16. The number of aryl methyl sites for hydroxylation is 1. The lowest BCUT2D eigenvalue weighted by Crippen LogP contribution is -2.26. The molecule has 0 amide bonds. The summed E-state index contributed by atoms with van der Waals surface area (Å²) in [6, 6.07) is 29.2. The van der Waals surface area contributed by atoms with Crippen molar-refractivity contribution in [1.29, 1.82) is 0 Å². The molecule has 1 aliphatic heterocycles. The molecule has 0 saturated heterocycles. The molecule has 0 radical (unpaired) electrons. The average Bonchev–Trinajstić information content (AvgIpc) is 3.49. The largest absolute Gasteiger partial charge is 0.497 e. The number of allylic oxidation sites excluding steroid dienone is 1. The van der Waals surface area contributed by atoms with Crippen LogP contribution in [0.15, 0.2) is 101 Å². The van der Waals surface area contributed by atoms with Gasteiger partial charge in [-0.1, -0.05) is 67.2 Å². The fourth-order valence-electron chi connectivity index (χ4n) is 5.84. The molecule has 3 heteroatoms. The summed E-state index contributed by atoms with van der Waals surface area (Å²) in [7, 11) is 1.72. The Morgan fingerprint density at radius 2 is 1.81 bits per heavy atom. The second-order valence-corrected chi connectivity index (χ2v) is 11.0. The number of anilines is 2. The van der Waals surface area contributed by atoms with Gasteiger partial charge in [-0.3, -0.25) is 0 Å². The highest BCUT2D eigenvalue weighted by molar-refractivity contribution is 8.03. The molecule has 36 heavy (non-hydrogen) atoms. The van der Waals surface area contributed by atoms with Crippen LogP contribution in [0.2, 0.25) is 0 Å². The van der Waals surface area contributed by atoms with Crippen LogP contribution in [0.3, 0.4) is 0 Å². The Morgan fingerprint density at radius 3 is 2.67 bits per heavy atom. The standard InChI is InChI=1S/C33H31NOS/c1-22-7-4-5-10-33(22)36-23(2)11-12-24-13-18-32-30(19-24)29-8-6-9-31(29)34(32)27-16-14-26-21-28(35-3)17-15-25(26)20-27/h4-5,7,10-21,29,31H,2,6,8-9H2,1,3H3/b12-11+. The predicted molar refractivity (Wildman–Crippen MR) is 155 cm³/mol. The topological polar surface area (TPSA) is 12.5 Å². The van der Waals surface area contributed by atoms with Crippen LogP contribution in [0.1, 0.15) is 41.9 Å². The maximum atomic E-state index is 5.41. The summed E-state index contributed by atoms with van der Waals surface area (Å²) in [5, 5.41) is 2.46. The zero-order valence-electron chi connectivity index (χ0n) is 20.9. The third-order valence-electron chi connectivity index (χ3n) is 7.63. The number of rotatable bonds is 6. The highest BCUT2D eigenvalue weighted by atomic mass is 32.2. The van der Waals surface area contributed by atoms with Crippen LogP contribution in [-0.4, -0.2) is 13.2 Å². The molecule has 1 heterocycles. The minimum atomic E-state index is 0.543. The molecule has 0 N–H and O–H groups in total. The molecule has 6 rings (SSSR count). The van der Waals surface area contributed by atoms with Gasteiger partial charge in [-0.05, 0) is 95.8 Å². The van der Waals surface area contributed by atoms with Gasteiger partial charge >= 0.3 is 0 Å². The Morgan fingerprint density at radius 1 is 0.972 bits per heavy atom. The Balaban J connectivity index is 1.28. The number of ether oxygens (including phenoxy) is 1. The van der Waals surface area contributed by atoms with E-state index >= 15 is 0 Å². The molecule has 4 aromatic carbocycles. The highest BCUT2D eigenvalue weighted by Crippen LogP contribution is 2.52. The van der Waals surface area contributed by atoms with Crippen molar-refractivity contribution >= 4 is 40.0 Å². The number of hydrogen-bond donors (Lipinski definition) is 0. The van der Waals surface area contributed by atoms with Crippen molar-refractivity contribution in [3.05, 3.63) is 113 Å². The number of fused-ring (bicyclic) bond motifs is 4. The second kappa shape index (κ2) is 9.55. The number of hydrogen-bond acceptors (Lipinski definition) is 3. The quantitative estimate of drug-likeness (QED) is 0.198. The first kappa shape index (κ1) is 23.0. The Hall–Kier alpha value is -3.43. The van der Waals surface area contributed by atoms with Crippen molar-refractivity contribution in [3.8, 4) is 5.75 Å². The van der Waals surface area contributed by atoms with E-state index in [0.29, 0.717) is 12.0 Å². The van der Waals surface area contributed by atoms with E-state index in [-0.39, 0.29) is 0 Å². The first-order valence-electron chi connectivity index (χ1n) is 12.7. The Bertz CT molecular complexity index is 1490. The van der Waals surface area contributed by atoms with Crippen molar-refractivity contribution in [1.82, 2.24) is 0 Å². The first-order valence-corrected chi connectivity index (χ1v) is 13.5. The van der Waals surface area contributed by atoms with Gasteiger partial charge in [0.05, 0.1) is 7.11 Å². The Labute approximate surface area is 218 Å². The van der Waals surface area contributed by atoms with Crippen LogP contribution in [0.25, 0.3) is 16.8 Å². The van der Waals surface area contributed by atoms with Crippen LogP contribution in [0.5, 0.6) is 5.75 Å². The van der Waals surface area contributed by atoms with E-state index in [1.807, 2.05) is 6.07 Å². The van der Waals surface area contributed by atoms with E-state index in [9.17, 15) is 0 Å². The summed E-state index contributed by atoms with van der Waals surface area (Å²) in [5.41, 5.74) is 6.68. The number of nitrogens with zero attached hydrogens (tertiary/aromatic N) is 1. The molecule has 0 aromatic heterocycles. The summed E-state index contributed by atoms with van der Waals surface area (Å²) >= 11 is 1.73. The van der Waals surface area contributed by atoms with E-state index in [2.05, 4.69) is 103 Å². The third kappa shape index (κ3) is 4.22. The van der Waals surface area contributed by atoms with Crippen LogP contribution in [-0.2, 0) is 0 Å². The van der Waals surface area contributed by atoms with Crippen LogP contribution in [0, 0.1) is 6.92 Å². The lowest BCUT2D eigenvalue weighted by atomic mass is 9.96. The van der Waals surface area contributed by atoms with Gasteiger partial charge < -0.3 is 9.64 Å². The summed E-state index contributed by atoms with van der Waals surface area (Å²) < 4.78 is 5.41. The molecule has 180 valence electrons. The lowest BCUT2D eigenvalue weighted by Gasteiger charge is -2.27. The molecule has 0 spiro atoms. The van der Waals surface area contributed by atoms with Gasteiger partial charge in [0, 0.05) is 33.1 Å². The molecule has 1 fully saturated rings. The SMILES string of the molecule is C=C(/C=C/c1ccc2c(c1)C1CCCC1N2c1ccc2cc(OC)ccc2c1)Sc1ccccc1C. The van der Waals surface area contributed by atoms with Gasteiger partial charge in [-0.2, -0.15) is 0 Å². The predicted octanol–water partition coefficient (Wildman–Crippen LogP) is 9.26. The molecular weight excluding hydrogens is 458 g/mol. The zero-order chi connectivity index (χ0) is 24.6. The van der Waals surface area contributed by atoms with Crippen molar-refractivity contribution in [3.63, 3.8) is 0 Å². The van der Waals surface area contributed by atoms with Crippen molar-refractivity contribution in [2.45, 2.75) is 43.0 Å². The highest BCUT2D eigenvalue weighted by Gasteiger charge is 2.42. The number of methoxy groups -OCH3 is 1. The molecule has 2 nitrogen and oxygen atoms in total. The number of thioether (sulfide) groups is 1. The maximum Gasteiger partial charge on any atom is 0.119 e. The van der Waals surface area contributed by atoms with Crippen molar-refractivity contribution < 1.29 is 4.74 Å². The molecule has 1 saturated carbocycles. The van der Waals surface area contributed by atoms with Gasteiger partial charge in [-0.25, -0.2) is 0 Å². The molecule has 4 aromatic rings. The van der Waals surface area contributed by atoms with Crippen molar-refractivity contribution in [2.75, 3.05) is 12.0 Å². The van der Waals surface area contributed by atoms with E-state index in [4.69, 9.17) is 4.74 Å².